The highest BCUT2D eigenvalue weighted by molar-refractivity contribution is 4.80. The highest BCUT2D eigenvalue weighted by Crippen LogP contribution is 2.24. The van der Waals surface area contributed by atoms with Crippen LogP contribution in [0.15, 0.2) is 0 Å². The molecule has 0 aromatic carbocycles. The first kappa shape index (κ1) is 16.9. The molecule has 0 amide bonds. The zero-order valence-electron chi connectivity index (χ0n) is 12.9. The summed E-state index contributed by atoms with van der Waals surface area (Å²) in [6, 6.07) is 0. The van der Waals surface area contributed by atoms with E-state index in [0.717, 1.165) is 24.9 Å². The second kappa shape index (κ2) is 8.10. The van der Waals surface area contributed by atoms with Crippen molar-refractivity contribution >= 4 is 0 Å². The fourth-order valence-electron chi connectivity index (χ4n) is 2.63. The lowest BCUT2D eigenvalue weighted by Crippen LogP contribution is -2.43. The Morgan fingerprint density at radius 1 is 1.06 bits per heavy atom. The third-order valence-electron chi connectivity index (χ3n) is 3.20. The fourth-order valence-corrected chi connectivity index (χ4v) is 2.63. The van der Waals surface area contributed by atoms with Crippen molar-refractivity contribution in [2.75, 3.05) is 26.2 Å². The molecule has 0 aromatic rings. The summed E-state index contributed by atoms with van der Waals surface area (Å²) >= 11 is 0. The molecule has 1 unspecified atom stereocenters. The highest BCUT2D eigenvalue weighted by atomic mass is 15.1. The Labute approximate surface area is 109 Å². The van der Waals surface area contributed by atoms with Crippen LogP contribution in [0.3, 0.4) is 0 Å². The van der Waals surface area contributed by atoms with E-state index in [1.54, 1.807) is 0 Å². The van der Waals surface area contributed by atoms with Gasteiger partial charge in [-0.15, -0.1) is 0 Å². The molecule has 0 spiro atoms. The molecule has 0 aliphatic rings. The van der Waals surface area contributed by atoms with Gasteiger partial charge >= 0.3 is 0 Å². The minimum atomic E-state index is 0.290. The topological polar surface area (TPSA) is 29.3 Å². The SMILES string of the molecule is CCCC(C)(CN)CN(CC(C)C)CC(C)C. The molecular formula is C15H34N2. The normalized spacial score (nSPS) is 15.9. The monoisotopic (exact) mass is 242 g/mol. The lowest BCUT2D eigenvalue weighted by atomic mass is 9.84. The van der Waals surface area contributed by atoms with Gasteiger partial charge in [0.05, 0.1) is 0 Å². The van der Waals surface area contributed by atoms with Crippen LogP contribution in [0.1, 0.15) is 54.4 Å². The first-order valence-corrected chi connectivity index (χ1v) is 7.25. The number of hydrogen-bond acceptors (Lipinski definition) is 2. The van der Waals surface area contributed by atoms with Crippen molar-refractivity contribution in [3.05, 3.63) is 0 Å². The van der Waals surface area contributed by atoms with Crippen LogP contribution in [0.2, 0.25) is 0 Å². The van der Waals surface area contributed by atoms with Gasteiger partial charge in [-0.25, -0.2) is 0 Å². The lowest BCUT2D eigenvalue weighted by molar-refractivity contribution is 0.133. The van der Waals surface area contributed by atoms with E-state index < -0.39 is 0 Å². The van der Waals surface area contributed by atoms with Crippen LogP contribution in [0.25, 0.3) is 0 Å². The summed E-state index contributed by atoms with van der Waals surface area (Å²) < 4.78 is 0. The molecule has 0 fully saturated rings. The third kappa shape index (κ3) is 7.77. The molecule has 0 heterocycles. The Kier molecular flexibility index (Phi) is 8.06. The Morgan fingerprint density at radius 3 is 1.82 bits per heavy atom. The first-order chi connectivity index (χ1) is 7.83. The van der Waals surface area contributed by atoms with E-state index in [1.807, 2.05) is 0 Å². The van der Waals surface area contributed by atoms with Crippen LogP contribution in [0.4, 0.5) is 0 Å². The molecular weight excluding hydrogens is 208 g/mol. The van der Waals surface area contributed by atoms with Gasteiger partial charge in [0, 0.05) is 19.6 Å². The van der Waals surface area contributed by atoms with E-state index in [-0.39, 0.29) is 0 Å². The van der Waals surface area contributed by atoms with Crippen LogP contribution in [-0.4, -0.2) is 31.1 Å². The summed E-state index contributed by atoms with van der Waals surface area (Å²) in [5.74, 6) is 1.47. The van der Waals surface area contributed by atoms with Crippen LogP contribution in [-0.2, 0) is 0 Å². The molecule has 0 aliphatic heterocycles. The quantitative estimate of drug-likeness (QED) is 0.672. The zero-order valence-corrected chi connectivity index (χ0v) is 12.9. The molecule has 2 heteroatoms. The van der Waals surface area contributed by atoms with Crippen molar-refractivity contribution < 1.29 is 0 Å². The second-order valence-electron chi connectivity index (χ2n) is 6.75. The first-order valence-electron chi connectivity index (χ1n) is 7.25. The van der Waals surface area contributed by atoms with Crippen molar-refractivity contribution in [3.8, 4) is 0 Å². The van der Waals surface area contributed by atoms with Gasteiger partial charge in [0.25, 0.3) is 0 Å². The largest absolute Gasteiger partial charge is 0.330 e. The third-order valence-corrected chi connectivity index (χ3v) is 3.20. The second-order valence-corrected chi connectivity index (χ2v) is 6.75. The molecule has 104 valence electrons. The minimum Gasteiger partial charge on any atom is -0.330 e. The molecule has 2 N–H and O–H groups in total. The molecule has 2 nitrogen and oxygen atoms in total. The van der Waals surface area contributed by atoms with Crippen LogP contribution >= 0.6 is 0 Å². The molecule has 0 aromatic heterocycles. The maximum Gasteiger partial charge on any atom is 0.00476 e. The number of nitrogens with zero attached hydrogens (tertiary/aromatic N) is 1. The number of hydrogen-bond donors (Lipinski definition) is 1. The maximum atomic E-state index is 5.98. The van der Waals surface area contributed by atoms with Crippen molar-refractivity contribution in [1.82, 2.24) is 4.90 Å². The summed E-state index contributed by atoms with van der Waals surface area (Å²) in [5, 5.41) is 0. The van der Waals surface area contributed by atoms with Gasteiger partial charge in [-0.05, 0) is 30.2 Å². The minimum absolute atomic E-state index is 0.290. The van der Waals surface area contributed by atoms with Crippen LogP contribution < -0.4 is 5.73 Å². The average Bonchev–Trinajstić information content (AvgIpc) is 2.15. The maximum absolute atomic E-state index is 5.98. The summed E-state index contributed by atoms with van der Waals surface area (Å²) in [4.78, 5) is 2.61. The van der Waals surface area contributed by atoms with Gasteiger partial charge in [0.1, 0.15) is 0 Å². The van der Waals surface area contributed by atoms with E-state index in [1.165, 1.54) is 25.9 Å². The van der Waals surface area contributed by atoms with Gasteiger partial charge in [0.15, 0.2) is 0 Å². The standard InChI is InChI=1S/C15H34N2/c1-7-8-15(6,11-16)12-17(9-13(2)3)10-14(4)5/h13-14H,7-12,16H2,1-6H3. The Morgan fingerprint density at radius 2 is 1.53 bits per heavy atom. The highest BCUT2D eigenvalue weighted by Gasteiger charge is 2.25. The van der Waals surface area contributed by atoms with Crippen molar-refractivity contribution in [2.45, 2.75) is 54.4 Å². The number of rotatable bonds is 9. The van der Waals surface area contributed by atoms with E-state index >= 15 is 0 Å². The summed E-state index contributed by atoms with van der Waals surface area (Å²) in [5.41, 5.74) is 6.27. The predicted molar refractivity (Wildman–Crippen MR) is 78.2 cm³/mol. The summed E-state index contributed by atoms with van der Waals surface area (Å²) in [7, 11) is 0. The van der Waals surface area contributed by atoms with Gasteiger partial charge in [-0.3, -0.25) is 0 Å². The molecule has 0 radical (unpaired) electrons. The van der Waals surface area contributed by atoms with Crippen LogP contribution in [0, 0.1) is 17.3 Å². The molecule has 0 saturated heterocycles. The van der Waals surface area contributed by atoms with Crippen molar-refractivity contribution in [2.24, 2.45) is 23.0 Å². The fraction of sp³-hybridized carbons (Fsp3) is 1.00. The lowest BCUT2D eigenvalue weighted by Gasteiger charge is -2.36. The molecule has 0 bridgehead atoms. The smallest absolute Gasteiger partial charge is 0.00476 e. The van der Waals surface area contributed by atoms with Gasteiger partial charge in [-0.2, -0.15) is 0 Å². The Balaban J connectivity index is 4.47. The van der Waals surface area contributed by atoms with Gasteiger partial charge in [0.2, 0.25) is 0 Å². The number of nitrogens with two attached hydrogens (primary N) is 1. The van der Waals surface area contributed by atoms with Crippen LogP contribution in [0.5, 0.6) is 0 Å². The predicted octanol–water partition coefficient (Wildman–Crippen LogP) is 3.37. The van der Waals surface area contributed by atoms with E-state index in [0.29, 0.717) is 5.41 Å². The van der Waals surface area contributed by atoms with E-state index in [4.69, 9.17) is 5.73 Å². The van der Waals surface area contributed by atoms with Gasteiger partial charge < -0.3 is 10.6 Å². The molecule has 0 rings (SSSR count). The average molecular weight is 242 g/mol. The van der Waals surface area contributed by atoms with Gasteiger partial charge in [-0.1, -0.05) is 48.0 Å². The summed E-state index contributed by atoms with van der Waals surface area (Å²) in [6.07, 6.45) is 2.46. The molecule has 0 saturated carbocycles. The zero-order chi connectivity index (χ0) is 13.5. The van der Waals surface area contributed by atoms with Crippen molar-refractivity contribution in [3.63, 3.8) is 0 Å². The molecule has 0 aliphatic carbocycles. The summed E-state index contributed by atoms with van der Waals surface area (Å²) in [6.45, 7) is 18.1. The molecule has 1 atom stereocenters. The molecule has 17 heavy (non-hydrogen) atoms. The van der Waals surface area contributed by atoms with E-state index in [2.05, 4.69) is 46.4 Å². The Bertz CT molecular complexity index is 179. The van der Waals surface area contributed by atoms with Crippen molar-refractivity contribution in [1.29, 1.82) is 0 Å². The Hall–Kier alpha value is -0.0800. The van der Waals surface area contributed by atoms with E-state index in [9.17, 15) is 0 Å².